The lowest BCUT2D eigenvalue weighted by Crippen LogP contribution is -2.47. The van der Waals surface area contributed by atoms with Crippen LogP contribution < -0.4 is 14.9 Å². The van der Waals surface area contributed by atoms with Gasteiger partial charge in [0.1, 0.15) is 4.90 Å². The van der Waals surface area contributed by atoms with E-state index in [2.05, 4.69) is 10.0 Å². The van der Waals surface area contributed by atoms with Crippen LogP contribution in [-0.4, -0.2) is 34.0 Å². The molecular weight excluding hydrogens is 421 g/mol. The highest BCUT2D eigenvalue weighted by Gasteiger charge is 2.22. The molecule has 0 aromatic heterocycles. The summed E-state index contributed by atoms with van der Waals surface area (Å²) in [6.07, 6.45) is 0. The predicted octanol–water partition coefficient (Wildman–Crippen LogP) is 3.38. The predicted molar refractivity (Wildman–Crippen MR) is 104 cm³/mol. The maximum atomic E-state index is 12.6. The molecule has 1 aliphatic rings. The second-order valence-corrected chi connectivity index (χ2v) is 8.44. The van der Waals surface area contributed by atoms with Crippen molar-refractivity contribution in [1.29, 1.82) is 0 Å². The highest BCUT2D eigenvalue weighted by atomic mass is 35.5. The average molecular weight is 435 g/mol. The van der Waals surface area contributed by atoms with Crippen molar-refractivity contribution < 1.29 is 13.2 Å². The summed E-state index contributed by atoms with van der Waals surface area (Å²) < 4.78 is 27.5. The van der Waals surface area contributed by atoms with Crippen LogP contribution in [0.4, 0.5) is 11.4 Å². The van der Waals surface area contributed by atoms with Crippen molar-refractivity contribution in [2.45, 2.75) is 4.90 Å². The lowest BCUT2D eigenvalue weighted by molar-refractivity contribution is -0.120. The molecular formula is C16H14Cl3N3O3S. The standard InChI is InChI=1S/C16H14Cl3N3O3S/c17-11-2-1-3-14(16(11)19)26(24,25)21-10-4-5-13(12(18)8-10)22-7-6-20-15(23)9-22/h1-5,8,21H,6-7,9H2,(H,20,23). The number of hydrogen-bond acceptors (Lipinski definition) is 4. The van der Waals surface area contributed by atoms with Gasteiger partial charge in [-0.25, -0.2) is 8.42 Å². The molecule has 0 unspecified atom stereocenters. The fourth-order valence-electron chi connectivity index (χ4n) is 2.57. The Kier molecular flexibility index (Phi) is 5.53. The third-order valence-electron chi connectivity index (χ3n) is 3.78. The number of halogens is 3. The van der Waals surface area contributed by atoms with E-state index in [4.69, 9.17) is 34.8 Å². The zero-order valence-corrected chi connectivity index (χ0v) is 16.4. The molecule has 138 valence electrons. The number of amides is 1. The first-order valence-corrected chi connectivity index (χ1v) is 10.2. The molecule has 0 aliphatic carbocycles. The van der Waals surface area contributed by atoms with E-state index in [1.165, 1.54) is 24.3 Å². The normalized spacial score (nSPS) is 14.9. The van der Waals surface area contributed by atoms with Gasteiger partial charge in [-0.3, -0.25) is 9.52 Å². The maximum absolute atomic E-state index is 12.6. The first-order valence-electron chi connectivity index (χ1n) is 7.56. The van der Waals surface area contributed by atoms with Crippen LogP contribution in [0.5, 0.6) is 0 Å². The summed E-state index contributed by atoms with van der Waals surface area (Å²) in [4.78, 5) is 13.2. The van der Waals surface area contributed by atoms with Crippen molar-refractivity contribution in [3.8, 4) is 0 Å². The van der Waals surface area contributed by atoms with Crippen molar-refractivity contribution >= 4 is 62.1 Å². The molecule has 1 saturated heterocycles. The number of nitrogens with one attached hydrogen (secondary N) is 2. The molecule has 3 rings (SSSR count). The van der Waals surface area contributed by atoms with E-state index in [0.717, 1.165) is 0 Å². The maximum Gasteiger partial charge on any atom is 0.263 e. The molecule has 0 radical (unpaired) electrons. The molecule has 1 aliphatic heterocycles. The first-order chi connectivity index (χ1) is 12.3. The summed E-state index contributed by atoms with van der Waals surface area (Å²) >= 11 is 18.2. The number of nitrogens with zero attached hydrogens (tertiary/aromatic N) is 1. The highest BCUT2D eigenvalue weighted by molar-refractivity contribution is 7.92. The van der Waals surface area contributed by atoms with Crippen LogP contribution in [0.1, 0.15) is 0 Å². The number of piperazine rings is 1. The number of hydrogen-bond donors (Lipinski definition) is 2. The molecule has 0 bridgehead atoms. The second kappa shape index (κ2) is 7.52. The molecule has 2 aromatic rings. The SMILES string of the molecule is O=C1CN(c2ccc(NS(=O)(=O)c3cccc(Cl)c3Cl)cc2Cl)CCN1. The molecule has 10 heteroatoms. The Morgan fingerprint density at radius 2 is 1.85 bits per heavy atom. The Hall–Kier alpha value is -1.67. The zero-order chi connectivity index (χ0) is 18.9. The number of sulfonamides is 1. The molecule has 1 amide bonds. The number of carbonyl (C=O) groups excluding carboxylic acids is 1. The number of carbonyl (C=O) groups is 1. The molecule has 0 atom stereocenters. The van der Waals surface area contributed by atoms with Crippen LogP contribution in [0.25, 0.3) is 0 Å². The number of benzene rings is 2. The summed E-state index contributed by atoms with van der Waals surface area (Å²) in [5.74, 6) is -0.0901. The smallest absolute Gasteiger partial charge is 0.263 e. The van der Waals surface area contributed by atoms with Crippen molar-refractivity contribution in [3.05, 3.63) is 51.5 Å². The Morgan fingerprint density at radius 3 is 2.54 bits per heavy atom. The van der Waals surface area contributed by atoms with Gasteiger partial charge in [0.15, 0.2) is 0 Å². The minimum absolute atomic E-state index is 0.0521. The summed E-state index contributed by atoms with van der Waals surface area (Å²) in [5.41, 5.74) is 0.932. The van der Waals surface area contributed by atoms with Crippen LogP contribution in [-0.2, 0) is 14.8 Å². The lowest BCUT2D eigenvalue weighted by Gasteiger charge is -2.29. The van der Waals surface area contributed by atoms with Crippen LogP contribution in [0.3, 0.4) is 0 Å². The average Bonchev–Trinajstić information content (AvgIpc) is 2.57. The van der Waals surface area contributed by atoms with Gasteiger partial charge in [0.25, 0.3) is 10.0 Å². The monoisotopic (exact) mass is 433 g/mol. The molecule has 1 fully saturated rings. The van der Waals surface area contributed by atoms with Gasteiger partial charge in [-0.1, -0.05) is 40.9 Å². The van der Waals surface area contributed by atoms with Crippen LogP contribution in [0.2, 0.25) is 15.1 Å². The molecule has 1 heterocycles. The Labute approximate surface area is 166 Å². The van der Waals surface area contributed by atoms with Gasteiger partial charge in [0, 0.05) is 13.1 Å². The van der Waals surface area contributed by atoms with Crippen molar-refractivity contribution in [2.24, 2.45) is 0 Å². The van der Waals surface area contributed by atoms with Crippen molar-refractivity contribution in [1.82, 2.24) is 5.32 Å². The molecule has 2 N–H and O–H groups in total. The second-order valence-electron chi connectivity index (χ2n) is 5.60. The van der Waals surface area contributed by atoms with E-state index < -0.39 is 10.0 Å². The van der Waals surface area contributed by atoms with E-state index in [1.54, 1.807) is 12.1 Å². The van der Waals surface area contributed by atoms with E-state index in [9.17, 15) is 13.2 Å². The van der Waals surface area contributed by atoms with Crippen molar-refractivity contribution in [3.63, 3.8) is 0 Å². The summed E-state index contributed by atoms with van der Waals surface area (Å²) in [6.45, 7) is 1.34. The highest BCUT2D eigenvalue weighted by Crippen LogP contribution is 2.33. The molecule has 26 heavy (non-hydrogen) atoms. The summed E-state index contributed by atoms with van der Waals surface area (Å²) in [7, 11) is -3.93. The molecule has 0 spiro atoms. The third-order valence-corrected chi connectivity index (χ3v) is 6.44. The van der Waals surface area contributed by atoms with Gasteiger partial charge in [0.05, 0.1) is 33.0 Å². The Balaban J connectivity index is 1.85. The Morgan fingerprint density at radius 1 is 1.08 bits per heavy atom. The fraction of sp³-hybridized carbons (Fsp3) is 0.188. The quantitative estimate of drug-likeness (QED) is 0.773. The minimum Gasteiger partial charge on any atom is -0.359 e. The Bertz CT molecular complexity index is 966. The van der Waals surface area contributed by atoms with Crippen LogP contribution in [0.15, 0.2) is 41.3 Å². The van der Waals surface area contributed by atoms with Crippen LogP contribution >= 0.6 is 34.8 Å². The third kappa shape index (κ3) is 4.01. The van der Waals surface area contributed by atoms with Gasteiger partial charge in [-0.05, 0) is 30.3 Å². The number of rotatable bonds is 4. The topological polar surface area (TPSA) is 78.5 Å². The summed E-state index contributed by atoms with van der Waals surface area (Å²) in [6, 6.07) is 9.09. The van der Waals surface area contributed by atoms with Crippen molar-refractivity contribution in [2.75, 3.05) is 29.3 Å². The van der Waals surface area contributed by atoms with E-state index in [1.807, 2.05) is 4.90 Å². The zero-order valence-electron chi connectivity index (χ0n) is 13.3. The van der Waals surface area contributed by atoms with Gasteiger partial charge in [-0.2, -0.15) is 0 Å². The van der Waals surface area contributed by atoms with E-state index in [0.29, 0.717) is 23.8 Å². The molecule has 0 saturated carbocycles. The van der Waals surface area contributed by atoms with Crippen LogP contribution in [0, 0.1) is 0 Å². The van der Waals surface area contributed by atoms with E-state index >= 15 is 0 Å². The first kappa shape index (κ1) is 19.1. The van der Waals surface area contributed by atoms with E-state index in [-0.39, 0.29) is 33.1 Å². The largest absolute Gasteiger partial charge is 0.359 e. The lowest BCUT2D eigenvalue weighted by atomic mass is 10.2. The van der Waals surface area contributed by atoms with Gasteiger partial charge in [0.2, 0.25) is 5.91 Å². The minimum atomic E-state index is -3.93. The van der Waals surface area contributed by atoms with Gasteiger partial charge in [-0.15, -0.1) is 0 Å². The summed E-state index contributed by atoms with van der Waals surface area (Å²) in [5, 5.41) is 3.16. The van der Waals surface area contributed by atoms with Gasteiger partial charge < -0.3 is 10.2 Å². The number of anilines is 2. The molecule has 2 aromatic carbocycles. The fourth-order valence-corrected chi connectivity index (χ4v) is 4.68. The van der Waals surface area contributed by atoms with Gasteiger partial charge >= 0.3 is 0 Å². The molecule has 6 nitrogen and oxygen atoms in total.